The van der Waals surface area contributed by atoms with Crippen molar-refractivity contribution < 1.29 is 4.79 Å². The maximum absolute atomic E-state index is 12.6. The molecule has 144 valence electrons. The molecule has 1 aliphatic heterocycles. The topological polar surface area (TPSA) is 58.4 Å². The number of nitrogens with zero attached hydrogens (tertiary/aromatic N) is 4. The Labute approximate surface area is 168 Å². The van der Waals surface area contributed by atoms with Gasteiger partial charge in [-0.15, -0.1) is 0 Å². The van der Waals surface area contributed by atoms with Crippen LogP contribution < -0.4 is 10.5 Å². The Morgan fingerprint density at radius 2 is 1.89 bits per heavy atom. The molecule has 0 atom stereocenters. The maximum atomic E-state index is 12.6. The van der Waals surface area contributed by atoms with Crippen LogP contribution in [-0.2, 0) is 4.79 Å². The second kappa shape index (κ2) is 9.28. The van der Waals surface area contributed by atoms with Gasteiger partial charge in [0.25, 0.3) is 5.56 Å². The highest BCUT2D eigenvalue weighted by atomic mass is 35.5. The van der Waals surface area contributed by atoms with Gasteiger partial charge in [0.2, 0.25) is 5.91 Å². The van der Waals surface area contributed by atoms with Gasteiger partial charge in [-0.05, 0) is 24.3 Å². The SMILES string of the molecule is CCCSCC(=O)N1CCN(c2cnn(-c3ccccc3)c(=O)c2Cl)CC1. The van der Waals surface area contributed by atoms with Crippen molar-refractivity contribution in [2.45, 2.75) is 13.3 Å². The number of carbonyl (C=O) groups is 1. The predicted molar refractivity (Wildman–Crippen MR) is 111 cm³/mol. The first kappa shape index (κ1) is 19.8. The molecule has 0 aliphatic carbocycles. The van der Waals surface area contributed by atoms with Crippen LogP contribution in [0.1, 0.15) is 13.3 Å². The lowest BCUT2D eigenvalue weighted by Crippen LogP contribution is -2.49. The fourth-order valence-corrected chi connectivity index (χ4v) is 4.03. The van der Waals surface area contributed by atoms with E-state index >= 15 is 0 Å². The number of hydrogen-bond donors (Lipinski definition) is 0. The van der Waals surface area contributed by atoms with Gasteiger partial charge >= 0.3 is 0 Å². The van der Waals surface area contributed by atoms with Crippen LogP contribution in [0.3, 0.4) is 0 Å². The molecule has 0 saturated carbocycles. The normalized spacial score (nSPS) is 14.4. The highest BCUT2D eigenvalue weighted by molar-refractivity contribution is 7.99. The molecule has 1 aromatic carbocycles. The van der Waals surface area contributed by atoms with Gasteiger partial charge in [-0.2, -0.15) is 21.5 Å². The minimum atomic E-state index is -0.338. The molecule has 27 heavy (non-hydrogen) atoms. The Balaban J connectivity index is 1.67. The van der Waals surface area contributed by atoms with Gasteiger partial charge in [0.15, 0.2) is 0 Å². The third-order valence-corrected chi connectivity index (χ3v) is 5.95. The van der Waals surface area contributed by atoms with E-state index in [9.17, 15) is 9.59 Å². The van der Waals surface area contributed by atoms with Gasteiger partial charge in [-0.25, -0.2) is 0 Å². The van der Waals surface area contributed by atoms with E-state index < -0.39 is 0 Å². The van der Waals surface area contributed by atoms with E-state index in [1.807, 2.05) is 40.1 Å². The number of carbonyl (C=O) groups excluding carboxylic acids is 1. The number of piperazine rings is 1. The molecular weight excluding hydrogens is 384 g/mol. The first-order chi connectivity index (χ1) is 13.1. The Bertz CT molecular complexity index is 835. The maximum Gasteiger partial charge on any atom is 0.292 e. The van der Waals surface area contributed by atoms with E-state index in [1.165, 1.54) is 4.68 Å². The second-order valence-corrected chi connectivity index (χ2v) is 7.80. The summed E-state index contributed by atoms with van der Waals surface area (Å²) < 4.78 is 1.30. The fraction of sp³-hybridized carbons (Fsp3) is 0.421. The third-order valence-electron chi connectivity index (χ3n) is 4.45. The average molecular weight is 407 g/mol. The van der Waals surface area contributed by atoms with Gasteiger partial charge in [-0.1, -0.05) is 36.7 Å². The van der Waals surface area contributed by atoms with Crippen LogP contribution in [0, 0.1) is 0 Å². The van der Waals surface area contributed by atoms with E-state index in [2.05, 4.69) is 12.0 Å². The number of amides is 1. The predicted octanol–water partition coefficient (Wildman–Crippen LogP) is 2.68. The lowest BCUT2D eigenvalue weighted by molar-refractivity contribution is -0.128. The summed E-state index contributed by atoms with van der Waals surface area (Å²) in [5.41, 5.74) is 0.965. The van der Waals surface area contributed by atoms with Crippen molar-refractivity contribution >= 4 is 35.0 Å². The van der Waals surface area contributed by atoms with Gasteiger partial charge in [0.05, 0.1) is 23.3 Å². The smallest absolute Gasteiger partial charge is 0.292 e. The molecule has 1 aromatic heterocycles. The number of hydrogen-bond acceptors (Lipinski definition) is 5. The van der Waals surface area contributed by atoms with E-state index in [0.717, 1.165) is 12.2 Å². The molecule has 1 aliphatic rings. The molecule has 1 amide bonds. The van der Waals surface area contributed by atoms with Gasteiger partial charge in [-0.3, -0.25) is 9.59 Å². The molecule has 2 aromatic rings. The van der Waals surface area contributed by atoms with Crippen molar-refractivity contribution in [2.24, 2.45) is 0 Å². The fourth-order valence-electron chi connectivity index (χ4n) is 2.99. The highest BCUT2D eigenvalue weighted by Crippen LogP contribution is 2.23. The van der Waals surface area contributed by atoms with Crippen molar-refractivity contribution in [3.63, 3.8) is 0 Å². The zero-order chi connectivity index (χ0) is 19.2. The summed E-state index contributed by atoms with van der Waals surface area (Å²) in [6.45, 7) is 4.65. The zero-order valence-corrected chi connectivity index (χ0v) is 16.9. The van der Waals surface area contributed by atoms with Crippen LogP contribution in [-0.4, -0.2) is 58.3 Å². The van der Waals surface area contributed by atoms with Crippen molar-refractivity contribution in [3.8, 4) is 5.69 Å². The van der Waals surface area contributed by atoms with E-state index in [4.69, 9.17) is 11.6 Å². The Kier molecular flexibility index (Phi) is 6.79. The highest BCUT2D eigenvalue weighted by Gasteiger charge is 2.24. The monoisotopic (exact) mass is 406 g/mol. The van der Waals surface area contributed by atoms with Crippen LogP contribution >= 0.6 is 23.4 Å². The molecule has 8 heteroatoms. The summed E-state index contributed by atoms with van der Waals surface area (Å²) in [6, 6.07) is 9.20. The quantitative estimate of drug-likeness (QED) is 0.690. The lowest BCUT2D eigenvalue weighted by Gasteiger charge is -2.36. The molecule has 0 bridgehead atoms. The summed E-state index contributed by atoms with van der Waals surface area (Å²) in [5.74, 6) is 1.71. The summed E-state index contributed by atoms with van der Waals surface area (Å²) in [6.07, 6.45) is 2.71. The first-order valence-corrected chi connectivity index (χ1v) is 10.6. The number of anilines is 1. The molecule has 0 spiro atoms. The third kappa shape index (κ3) is 4.65. The number of para-hydroxylation sites is 1. The second-order valence-electron chi connectivity index (χ2n) is 6.32. The molecule has 0 unspecified atom stereocenters. The average Bonchev–Trinajstić information content (AvgIpc) is 2.71. The largest absolute Gasteiger partial charge is 0.365 e. The Morgan fingerprint density at radius 1 is 1.19 bits per heavy atom. The molecule has 0 N–H and O–H groups in total. The van der Waals surface area contributed by atoms with Crippen molar-refractivity contribution in [1.82, 2.24) is 14.7 Å². The Hall–Kier alpha value is -1.99. The van der Waals surface area contributed by atoms with Crippen molar-refractivity contribution in [3.05, 3.63) is 51.9 Å². The number of halogens is 1. The van der Waals surface area contributed by atoms with E-state index in [1.54, 1.807) is 18.0 Å². The van der Waals surface area contributed by atoms with Crippen LogP contribution in [0.2, 0.25) is 5.02 Å². The number of aromatic nitrogens is 2. The van der Waals surface area contributed by atoms with Gasteiger partial charge < -0.3 is 9.80 Å². The van der Waals surface area contributed by atoms with Gasteiger partial charge in [0, 0.05) is 26.2 Å². The van der Waals surface area contributed by atoms with E-state index in [-0.39, 0.29) is 16.5 Å². The number of thioether (sulfide) groups is 1. The van der Waals surface area contributed by atoms with Crippen LogP contribution in [0.4, 0.5) is 5.69 Å². The molecule has 1 saturated heterocycles. The number of benzene rings is 1. The minimum Gasteiger partial charge on any atom is -0.365 e. The Morgan fingerprint density at radius 3 is 2.56 bits per heavy atom. The van der Waals surface area contributed by atoms with Crippen LogP contribution in [0.5, 0.6) is 0 Å². The molecular formula is C19H23ClN4O2S. The van der Waals surface area contributed by atoms with Gasteiger partial charge in [0.1, 0.15) is 5.02 Å². The minimum absolute atomic E-state index is 0.159. The molecule has 3 rings (SSSR count). The first-order valence-electron chi connectivity index (χ1n) is 9.05. The number of rotatable bonds is 6. The summed E-state index contributed by atoms with van der Waals surface area (Å²) >= 11 is 8.04. The molecule has 0 radical (unpaired) electrons. The lowest BCUT2D eigenvalue weighted by atomic mass is 10.2. The summed E-state index contributed by atoms with van der Waals surface area (Å²) in [4.78, 5) is 28.8. The molecule has 6 nitrogen and oxygen atoms in total. The summed E-state index contributed by atoms with van der Waals surface area (Å²) in [7, 11) is 0. The van der Waals surface area contributed by atoms with Crippen molar-refractivity contribution in [1.29, 1.82) is 0 Å². The molecule has 2 heterocycles. The van der Waals surface area contributed by atoms with E-state index in [0.29, 0.717) is 43.3 Å². The zero-order valence-electron chi connectivity index (χ0n) is 15.3. The summed E-state index contributed by atoms with van der Waals surface area (Å²) in [5, 5.41) is 4.44. The van der Waals surface area contributed by atoms with Crippen LogP contribution in [0.25, 0.3) is 5.69 Å². The standard InChI is InChI=1S/C19H23ClN4O2S/c1-2-12-27-14-17(25)23-10-8-22(9-11-23)16-13-21-24(19(26)18(16)20)15-6-4-3-5-7-15/h3-7,13H,2,8-12,14H2,1H3. The molecule has 1 fully saturated rings. The van der Waals surface area contributed by atoms with Crippen LogP contribution in [0.15, 0.2) is 41.3 Å². The van der Waals surface area contributed by atoms with Crippen molar-refractivity contribution in [2.75, 3.05) is 42.6 Å².